The lowest BCUT2D eigenvalue weighted by Gasteiger charge is -2.33. The van der Waals surface area contributed by atoms with E-state index in [2.05, 4.69) is 61.1 Å². The maximum absolute atomic E-state index is 11.6. The molecule has 1 N–H and O–H groups in total. The number of nitrogens with one attached hydrogen (secondary N) is 1. The third-order valence-corrected chi connectivity index (χ3v) is 5.47. The molecule has 3 nitrogen and oxygen atoms in total. The average molecular weight is 434 g/mol. The Balaban J connectivity index is 1.92. The van der Waals surface area contributed by atoms with Crippen molar-refractivity contribution in [1.29, 1.82) is 0 Å². The summed E-state index contributed by atoms with van der Waals surface area (Å²) in [5.41, 5.74) is 4.67. The lowest BCUT2D eigenvalue weighted by molar-refractivity contribution is -0.120. The molecule has 3 aromatic rings. The zero-order valence-electron chi connectivity index (χ0n) is 12.2. The molecule has 0 saturated carbocycles. The van der Waals surface area contributed by atoms with Crippen LogP contribution >= 0.6 is 31.9 Å². The van der Waals surface area contributed by atoms with E-state index in [4.69, 9.17) is 0 Å². The quantitative estimate of drug-likeness (QED) is 0.579. The summed E-state index contributed by atoms with van der Waals surface area (Å²) in [6.07, 6.45) is 1.83. The largest absolute Gasteiger partial charge is 0.356 e. The van der Waals surface area contributed by atoms with Crippen molar-refractivity contribution in [2.75, 3.05) is 6.54 Å². The summed E-state index contributed by atoms with van der Waals surface area (Å²) in [5, 5.41) is 1.24. The number of aromatic amines is 1. The Morgan fingerprint density at radius 1 is 1.09 bits per heavy atom. The lowest BCUT2D eigenvalue weighted by atomic mass is 9.93. The van der Waals surface area contributed by atoms with Crippen LogP contribution in [0.2, 0.25) is 0 Å². The molecule has 0 fully saturated rings. The molecule has 116 valence electrons. The minimum atomic E-state index is -0.0597. The van der Waals surface area contributed by atoms with E-state index in [0.717, 1.165) is 45.1 Å². The van der Waals surface area contributed by atoms with Gasteiger partial charge in [-0.1, -0.05) is 44.0 Å². The van der Waals surface area contributed by atoms with Gasteiger partial charge in [-0.25, -0.2) is 0 Å². The van der Waals surface area contributed by atoms with E-state index in [-0.39, 0.29) is 6.04 Å². The van der Waals surface area contributed by atoms with Crippen LogP contribution in [0, 0.1) is 0 Å². The highest BCUT2D eigenvalue weighted by atomic mass is 79.9. The fourth-order valence-electron chi connectivity index (χ4n) is 3.40. The Hall–Kier alpha value is -1.59. The molecule has 5 heteroatoms. The number of carbonyl (C=O) groups excluding carboxylic acids is 1. The Morgan fingerprint density at radius 3 is 2.57 bits per heavy atom. The maximum atomic E-state index is 11.6. The van der Waals surface area contributed by atoms with Gasteiger partial charge in [-0.15, -0.1) is 0 Å². The van der Waals surface area contributed by atoms with Gasteiger partial charge in [0.1, 0.15) is 0 Å². The van der Waals surface area contributed by atoms with Gasteiger partial charge >= 0.3 is 0 Å². The topological polar surface area (TPSA) is 36.1 Å². The molecule has 4 rings (SSSR count). The van der Waals surface area contributed by atoms with E-state index in [1.165, 1.54) is 10.9 Å². The molecule has 1 aromatic heterocycles. The fourth-order valence-corrected chi connectivity index (χ4v) is 4.02. The van der Waals surface area contributed by atoms with Crippen molar-refractivity contribution in [3.05, 3.63) is 68.2 Å². The van der Waals surface area contributed by atoms with Gasteiger partial charge in [0, 0.05) is 32.1 Å². The normalized spacial score (nSPS) is 17.3. The Morgan fingerprint density at radius 2 is 1.83 bits per heavy atom. The van der Waals surface area contributed by atoms with Gasteiger partial charge in [0.2, 0.25) is 6.41 Å². The van der Waals surface area contributed by atoms with Crippen molar-refractivity contribution in [3.63, 3.8) is 0 Å². The monoisotopic (exact) mass is 432 g/mol. The van der Waals surface area contributed by atoms with Gasteiger partial charge in [0.15, 0.2) is 0 Å². The second-order valence-corrected chi connectivity index (χ2v) is 7.59. The zero-order chi connectivity index (χ0) is 16.0. The van der Waals surface area contributed by atoms with Gasteiger partial charge in [-0.05, 0) is 47.9 Å². The molecule has 1 aliphatic heterocycles. The minimum Gasteiger partial charge on any atom is -0.356 e. The number of fused-ring (bicyclic) bond motifs is 3. The zero-order valence-corrected chi connectivity index (χ0v) is 15.4. The Kier molecular flexibility index (Phi) is 3.77. The average Bonchev–Trinajstić information content (AvgIpc) is 2.92. The van der Waals surface area contributed by atoms with E-state index >= 15 is 0 Å². The molecule has 0 bridgehead atoms. The summed E-state index contributed by atoms with van der Waals surface area (Å²) >= 11 is 7.03. The van der Waals surface area contributed by atoms with Crippen LogP contribution in [-0.4, -0.2) is 22.8 Å². The summed E-state index contributed by atoms with van der Waals surface area (Å²) in [4.78, 5) is 17.0. The summed E-state index contributed by atoms with van der Waals surface area (Å²) in [6, 6.07) is 14.4. The van der Waals surface area contributed by atoms with E-state index in [1.807, 2.05) is 23.1 Å². The van der Waals surface area contributed by atoms with Gasteiger partial charge in [-0.2, -0.15) is 0 Å². The first-order valence-corrected chi connectivity index (χ1v) is 9.02. The van der Waals surface area contributed by atoms with Crippen molar-refractivity contribution < 1.29 is 4.79 Å². The predicted molar refractivity (Wildman–Crippen MR) is 98.5 cm³/mol. The predicted octanol–water partition coefficient (Wildman–Crippen LogP) is 4.80. The van der Waals surface area contributed by atoms with Gasteiger partial charge in [-0.3, -0.25) is 4.79 Å². The standard InChI is InChI=1S/C18H14Br2N2O/c19-12-3-1-11(2-4-12)18-17-14(7-8-22(18)10-23)15-9-13(20)5-6-16(15)21-17/h1-6,9-10,18,21H,7-8H2. The number of benzene rings is 2. The van der Waals surface area contributed by atoms with E-state index in [1.54, 1.807) is 0 Å². The van der Waals surface area contributed by atoms with E-state index in [0.29, 0.717) is 0 Å². The maximum Gasteiger partial charge on any atom is 0.210 e. The highest BCUT2D eigenvalue weighted by Gasteiger charge is 2.30. The summed E-state index contributed by atoms with van der Waals surface area (Å²) in [7, 11) is 0. The Bertz CT molecular complexity index is 886. The smallest absolute Gasteiger partial charge is 0.210 e. The van der Waals surface area contributed by atoms with Crippen molar-refractivity contribution in [2.24, 2.45) is 0 Å². The number of rotatable bonds is 2. The first-order chi connectivity index (χ1) is 11.2. The number of H-pyrrole nitrogens is 1. The molecule has 0 spiro atoms. The second kappa shape index (κ2) is 5.80. The third-order valence-electron chi connectivity index (χ3n) is 4.45. The highest BCUT2D eigenvalue weighted by Crippen LogP contribution is 2.38. The highest BCUT2D eigenvalue weighted by molar-refractivity contribution is 9.10. The first kappa shape index (κ1) is 15.0. The molecule has 1 atom stereocenters. The Labute approximate surface area is 150 Å². The number of carbonyl (C=O) groups is 1. The van der Waals surface area contributed by atoms with Gasteiger partial charge in [0.25, 0.3) is 0 Å². The molecule has 0 saturated heterocycles. The second-order valence-electron chi connectivity index (χ2n) is 5.75. The minimum absolute atomic E-state index is 0.0597. The molecule has 23 heavy (non-hydrogen) atoms. The molecule has 1 amide bonds. The van der Waals surface area contributed by atoms with Gasteiger partial charge in [0.05, 0.1) is 6.04 Å². The fraction of sp³-hybridized carbons (Fsp3) is 0.167. The van der Waals surface area contributed by atoms with Gasteiger partial charge < -0.3 is 9.88 Å². The number of hydrogen-bond acceptors (Lipinski definition) is 1. The number of aromatic nitrogens is 1. The van der Waals surface area contributed by atoms with Crippen LogP contribution in [-0.2, 0) is 11.2 Å². The van der Waals surface area contributed by atoms with Crippen molar-refractivity contribution in [1.82, 2.24) is 9.88 Å². The third kappa shape index (κ3) is 2.52. The van der Waals surface area contributed by atoms with Crippen molar-refractivity contribution >= 4 is 49.2 Å². The molecular weight excluding hydrogens is 420 g/mol. The molecule has 1 aliphatic rings. The van der Waals surface area contributed by atoms with Crippen LogP contribution in [0.5, 0.6) is 0 Å². The molecular formula is C18H14Br2N2O. The molecule has 1 unspecified atom stereocenters. The van der Waals surface area contributed by atoms with Crippen LogP contribution < -0.4 is 0 Å². The summed E-state index contributed by atoms with van der Waals surface area (Å²) in [6.45, 7) is 0.733. The number of hydrogen-bond donors (Lipinski definition) is 1. The van der Waals surface area contributed by atoms with Crippen LogP contribution in [0.4, 0.5) is 0 Å². The number of halogens is 2. The number of nitrogens with zero attached hydrogens (tertiary/aromatic N) is 1. The van der Waals surface area contributed by atoms with Crippen molar-refractivity contribution in [3.8, 4) is 0 Å². The molecule has 0 radical (unpaired) electrons. The van der Waals surface area contributed by atoms with E-state index in [9.17, 15) is 4.79 Å². The molecule has 2 aromatic carbocycles. The number of amides is 1. The lowest BCUT2D eigenvalue weighted by Crippen LogP contribution is -2.34. The van der Waals surface area contributed by atoms with Crippen molar-refractivity contribution in [2.45, 2.75) is 12.5 Å². The van der Waals surface area contributed by atoms with Crippen LogP contribution in [0.25, 0.3) is 10.9 Å². The van der Waals surface area contributed by atoms with E-state index < -0.39 is 0 Å². The molecule has 2 heterocycles. The van der Waals surface area contributed by atoms with Crippen LogP contribution in [0.3, 0.4) is 0 Å². The SMILES string of the molecule is O=CN1CCc2c([nH]c3ccc(Br)cc23)C1c1ccc(Br)cc1. The summed E-state index contributed by atoms with van der Waals surface area (Å²) in [5.74, 6) is 0. The first-order valence-electron chi connectivity index (χ1n) is 7.44. The molecule has 0 aliphatic carbocycles. The summed E-state index contributed by atoms with van der Waals surface area (Å²) < 4.78 is 2.11. The van der Waals surface area contributed by atoms with Crippen LogP contribution in [0.15, 0.2) is 51.4 Å². The van der Waals surface area contributed by atoms with Crippen LogP contribution in [0.1, 0.15) is 22.9 Å².